The molecule has 3 rings (SSSR count). The van der Waals surface area contributed by atoms with Crippen molar-refractivity contribution in [2.24, 2.45) is 0 Å². The fourth-order valence-corrected chi connectivity index (χ4v) is 3.36. The molecule has 1 unspecified atom stereocenters. The van der Waals surface area contributed by atoms with Gasteiger partial charge in [-0.2, -0.15) is 0 Å². The number of carboxylic acid groups (broad SMARTS) is 1. The third-order valence-corrected chi connectivity index (χ3v) is 4.71. The zero-order valence-electron chi connectivity index (χ0n) is 17.3. The molecule has 0 aliphatic carbocycles. The minimum Gasteiger partial charge on any atom is -0.546 e. The summed E-state index contributed by atoms with van der Waals surface area (Å²) in [6.45, 7) is 1.63. The molecule has 1 aromatic heterocycles. The molecule has 0 fully saturated rings. The number of benzene rings is 2. The molecule has 0 spiro atoms. The number of rotatable bonds is 8. The van der Waals surface area contributed by atoms with Crippen LogP contribution in [0.25, 0.3) is 0 Å². The second-order valence-electron chi connectivity index (χ2n) is 6.58. The zero-order chi connectivity index (χ0) is 21.7. The van der Waals surface area contributed by atoms with Crippen LogP contribution < -0.4 is 61.2 Å². The van der Waals surface area contributed by atoms with Crippen molar-refractivity contribution in [1.82, 2.24) is 4.98 Å². The van der Waals surface area contributed by atoms with Gasteiger partial charge >= 0.3 is 57.1 Å². The third-order valence-electron chi connectivity index (χ3n) is 4.71. The van der Waals surface area contributed by atoms with Crippen molar-refractivity contribution in [3.05, 3.63) is 99.7 Å². The third kappa shape index (κ3) is 5.20. The molecule has 0 bridgehead atoms. The molecule has 154 valence electrons. The van der Waals surface area contributed by atoms with Crippen molar-refractivity contribution in [1.29, 1.82) is 0 Å². The van der Waals surface area contributed by atoms with Gasteiger partial charge in [0.15, 0.2) is 11.7 Å². The number of nitrogens with zero attached hydrogens (tertiary/aromatic N) is 2. The van der Waals surface area contributed by atoms with E-state index in [0.29, 0.717) is 16.7 Å². The largest absolute Gasteiger partial charge is 1.00 e. The number of nitro groups is 1. The molecule has 1 heterocycles. The fraction of sp³-hybridized carbons (Fsp3) is 0.182. The Hall–Kier alpha value is -2.14. The number of aliphatic carboxylic acids is 1. The Morgan fingerprint density at radius 1 is 1.06 bits per heavy atom. The minimum atomic E-state index is -1.78. The van der Waals surface area contributed by atoms with Crippen molar-refractivity contribution in [3.8, 4) is 5.88 Å². The molecule has 0 saturated heterocycles. The van der Waals surface area contributed by atoms with Crippen LogP contribution in [0.3, 0.4) is 0 Å². The maximum Gasteiger partial charge on any atom is 1.00 e. The van der Waals surface area contributed by atoms with E-state index in [1.807, 2.05) is 0 Å². The van der Waals surface area contributed by atoms with Crippen LogP contribution in [0.1, 0.15) is 16.7 Å². The van der Waals surface area contributed by atoms with Gasteiger partial charge in [0, 0.05) is 19.4 Å². The average molecular weight is 447 g/mol. The molecule has 0 radical (unpaired) electrons. The maximum atomic E-state index is 12.3. The molecule has 0 N–H and O–H groups in total. The van der Waals surface area contributed by atoms with Crippen molar-refractivity contribution < 1.29 is 75.7 Å². The molecule has 0 aliphatic heterocycles. The van der Waals surface area contributed by atoms with Gasteiger partial charge in [-0.05, 0) is 23.6 Å². The summed E-state index contributed by atoms with van der Waals surface area (Å²) in [5.74, 6) is -2.05. The average Bonchev–Trinajstić information content (AvgIpc) is 2.76. The molecule has 2 aromatic carbocycles. The smallest absolute Gasteiger partial charge is 0.546 e. The van der Waals surface area contributed by atoms with Gasteiger partial charge in [-0.1, -0.05) is 60.7 Å². The summed E-state index contributed by atoms with van der Waals surface area (Å²) in [6, 6.07) is 18.5. The number of hydrogen-bond acceptors (Lipinski definition) is 7. The number of aromatic nitrogens is 1. The number of pyridine rings is 1. The van der Waals surface area contributed by atoms with E-state index in [9.17, 15) is 20.0 Å². The summed E-state index contributed by atoms with van der Waals surface area (Å²) in [4.78, 5) is 27.0. The van der Waals surface area contributed by atoms with Crippen LogP contribution in [0.2, 0.25) is 0 Å². The van der Waals surface area contributed by atoms with Gasteiger partial charge in [-0.3, -0.25) is 10.1 Å². The Bertz CT molecular complexity index is 1010. The SMILES string of the molecule is COC(c1ccccc1)(c1ccccc1)C(Oc1ncc(C)cc1[N+](=O)[O-])C(=O)[O-].[K+]. The predicted octanol–water partition coefficient (Wildman–Crippen LogP) is -0.610. The molecule has 1 atom stereocenters. The first-order valence-corrected chi connectivity index (χ1v) is 9.05. The van der Waals surface area contributed by atoms with Crippen molar-refractivity contribution in [3.63, 3.8) is 0 Å². The number of carbonyl (C=O) groups is 1. The van der Waals surface area contributed by atoms with Gasteiger partial charge < -0.3 is 19.4 Å². The van der Waals surface area contributed by atoms with E-state index in [-0.39, 0.29) is 51.4 Å². The Kier molecular flexibility index (Phi) is 8.86. The molecular weight excluding hydrogens is 427 g/mol. The predicted molar refractivity (Wildman–Crippen MR) is 106 cm³/mol. The molecule has 9 heteroatoms. The number of aryl methyl sites for hydroxylation is 1. The van der Waals surface area contributed by atoms with E-state index in [4.69, 9.17) is 9.47 Å². The first-order chi connectivity index (χ1) is 14.4. The van der Waals surface area contributed by atoms with Gasteiger partial charge in [0.2, 0.25) is 0 Å². The van der Waals surface area contributed by atoms with E-state index in [2.05, 4.69) is 4.98 Å². The fourth-order valence-electron chi connectivity index (χ4n) is 3.36. The van der Waals surface area contributed by atoms with E-state index in [1.54, 1.807) is 67.6 Å². The van der Waals surface area contributed by atoms with Crippen LogP contribution in [0, 0.1) is 17.0 Å². The summed E-state index contributed by atoms with van der Waals surface area (Å²) in [7, 11) is 1.34. The summed E-state index contributed by atoms with van der Waals surface area (Å²) >= 11 is 0. The van der Waals surface area contributed by atoms with Crippen LogP contribution in [0.15, 0.2) is 72.9 Å². The van der Waals surface area contributed by atoms with E-state index in [0.717, 1.165) is 0 Å². The van der Waals surface area contributed by atoms with Gasteiger partial charge in [0.05, 0.1) is 10.9 Å². The van der Waals surface area contributed by atoms with Crippen LogP contribution >= 0.6 is 0 Å². The summed E-state index contributed by atoms with van der Waals surface area (Å²) in [5, 5.41) is 23.8. The number of carboxylic acids is 1. The quantitative estimate of drug-likeness (QED) is 0.258. The first-order valence-electron chi connectivity index (χ1n) is 9.05. The van der Waals surface area contributed by atoms with E-state index in [1.165, 1.54) is 19.4 Å². The van der Waals surface area contributed by atoms with E-state index < -0.39 is 34.2 Å². The van der Waals surface area contributed by atoms with Gasteiger partial charge in [-0.15, -0.1) is 0 Å². The van der Waals surface area contributed by atoms with Crippen LogP contribution in [0.4, 0.5) is 5.69 Å². The Morgan fingerprint density at radius 2 is 1.58 bits per heavy atom. The minimum absolute atomic E-state index is 0. The normalized spacial score (nSPS) is 11.8. The van der Waals surface area contributed by atoms with Crippen LogP contribution in [-0.4, -0.2) is 29.1 Å². The zero-order valence-corrected chi connectivity index (χ0v) is 20.5. The topological polar surface area (TPSA) is 115 Å². The van der Waals surface area contributed by atoms with Crippen molar-refractivity contribution in [2.45, 2.75) is 18.6 Å². The Balaban J connectivity index is 0.00000341. The molecule has 0 amide bonds. The number of methoxy groups -OCH3 is 1. The Labute approximate surface area is 221 Å². The number of hydrogen-bond donors (Lipinski definition) is 0. The molecule has 8 nitrogen and oxygen atoms in total. The maximum absolute atomic E-state index is 12.3. The summed E-state index contributed by atoms with van der Waals surface area (Å²) in [5.41, 5.74) is -0.622. The second-order valence-corrected chi connectivity index (χ2v) is 6.58. The van der Waals surface area contributed by atoms with Crippen molar-refractivity contribution in [2.75, 3.05) is 7.11 Å². The van der Waals surface area contributed by atoms with Crippen LogP contribution in [0.5, 0.6) is 5.88 Å². The number of carbonyl (C=O) groups excluding carboxylic acids is 1. The summed E-state index contributed by atoms with van der Waals surface area (Å²) in [6.07, 6.45) is -0.421. The molecule has 31 heavy (non-hydrogen) atoms. The summed E-state index contributed by atoms with van der Waals surface area (Å²) < 4.78 is 11.4. The molecule has 0 aliphatic rings. The molecule has 3 aromatic rings. The van der Waals surface area contributed by atoms with E-state index >= 15 is 0 Å². The first kappa shape index (κ1) is 25.1. The number of ether oxygens (including phenoxy) is 2. The van der Waals surface area contributed by atoms with Gasteiger partial charge in [0.1, 0.15) is 0 Å². The van der Waals surface area contributed by atoms with Crippen LogP contribution in [-0.2, 0) is 15.1 Å². The van der Waals surface area contributed by atoms with Crippen molar-refractivity contribution >= 4 is 11.7 Å². The monoisotopic (exact) mass is 446 g/mol. The molecule has 0 saturated carbocycles. The standard InChI is InChI=1S/C22H20N2O6.K/c1-15-13-18(24(27)28)20(23-14-15)30-19(21(25)26)22(29-2,16-9-5-3-6-10-16)17-11-7-4-8-12-17;/h3-14,19H,1-2H3,(H,25,26);/q;+1/p-1. The molecular formula is C22H19KN2O6. The van der Waals surface area contributed by atoms with Gasteiger partial charge in [-0.25, -0.2) is 4.98 Å². The Morgan fingerprint density at radius 3 is 2.00 bits per heavy atom. The second kappa shape index (κ2) is 10.9. The van der Waals surface area contributed by atoms with Gasteiger partial charge in [0.25, 0.3) is 5.88 Å².